The van der Waals surface area contributed by atoms with Gasteiger partial charge in [0.25, 0.3) is 5.91 Å². The largest absolute Gasteiger partial charge is 0.394 e. The van der Waals surface area contributed by atoms with Crippen LogP contribution in [0.5, 0.6) is 0 Å². The van der Waals surface area contributed by atoms with Gasteiger partial charge in [-0.1, -0.05) is 62.2 Å². The smallest absolute Gasteiger partial charge is 0.253 e. The van der Waals surface area contributed by atoms with Crippen molar-refractivity contribution in [2.24, 2.45) is 11.1 Å². The van der Waals surface area contributed by atoms with Gasteiger partial charge in [-0.05, 0) is 61.6 Å². The van der Waals surface area contributed by atoms with Crippen molar-refractivity contribution in [3.8, 4) is 0 Å². The van der Waals surface area contributed by atoms with E-state index in [2.05, 4.69) is 20.9 Å². The van der Waals surface area contributed by atoms with Crippen LogP contribution < -0.4 is 21.7 Å². The van der Waals surface area contributed by atoms with Crippen molar-refractivity contribution >= 4 is 40.8 Å². The Labute approximate surface area is 265 Å². The zero-order chi connectivity index (χ0) is 32.6. The Morgan fingerprint density at radius 2 is 1.80 bits per heavy atom. The lowest BCUT2D eigenvalue weighted by atomic mass is 9.68. The maximum Gasteiger partial charge on any atom is 0.253 e. The minimum Gasteiger partial charge on any atom is -0.394 e. The maximum atomic E-state index is 15.7. The van der Waals surface area contributed by atoms with Crippen molar-refractivity contribution in [1.29, 1.82) is 0 Å². The zero-order valence-corrected chi connectivity index (χ0v) is 26.7. The number of aliphatic hydroxyl groups excluding tert-OH is 1. The summed E-state index contributed by atoms with van der Waals surface area (Å²) in [5.74, 6) is -3.49. The summed E-state index contributed by atoms with van der Waals surface area (Å²) in [6.07, 6.45) is 1.69. The average Bonchev–Trinajstić information content (AvgIpc) is 3.21. The van der Waals surface area contributed by atoms with Crippen LogP contribution in [0, 0.1) is 17.0 Å². The van der Waals surface area contributed by atoms with E-state index < -0.39 is 52.5 Å². The number of pyridine rings is 1. The van der Waals surface area contributed by atoms with E-state index in [1.165, 1.54) is 42.6 Å². The Morgan fingerprint density at radius 1 is 1.09 bits per heavy atom. The van der Waals surface area contributed by atoms with Gasteiger partial charge in [0, 0.05) is 28.7 Å². The summed E-state index contributed by atoms with van der Waals surface area (Å²) < 4.78 is 31.4. The SMILES string of the molecule is CC(C)(C)CC1NC(C(=O)Nc2ccc(C(=O)NC(C)(C)CO)cn2)C(c2cccc(Cl)c2F)C1(N)c1ccc(Cl)cc1F. The summed E-state index contributed by atoms with van der Waals surface area (Å²) in [7, 11) is 0. The van der Waals surface area contributed by atoms with Gasteiger partial charge in [0.2, 0.25) is 5.91 Å². The second kappa shape index (κ2) is 12.7. The molecule has 0 saturated carbocycles. The average molecular weight is 649 g/mol. The standard InChI is InChI=1S/C32H37Cl2F2N5O3/c1-30(2,3)14-23-32(37,20-11-10-18(33)13-22(20)35)25(19-7-6-8-21(34)26(19)36)27(39-23)29(44)40-24-12-9-17(15-38-24)28(43)41-31(4,5)16-42/h6-13,15,23,25,27,39,42H,14,16,37H2,1-5H3,(H,41,43)(H,38,40,44). The van der Waals surface area contributed by atoms with Crippen molar-refractivity contribution in [3.05, 3.63) is 93.1 Å². The van der Waals surface area contributed by atoms with Gasteiger partial charge in [0.05, 0.1) is 34.3 Å². The van der Waals surface area contributed by atoms with Gasteiger partial charge in [0.1, 0.15) is 17.5 Å². The van der Waals surface area contributed by atoms with E-state index in [-0.39, 0.29) is 44.6 Å². The summed E-state index contributed by atoms with van der Waals surface area (Å²) in [6.45, 7) is 9.03. The molecule has 4 rings (SSSR count). The number of nitrogens with two attached hydrogens (primary N) is 1. The molecular weight excluding hydrogens is 611 g/mol. The summed E-state index contributed by atoms with van der Waals surface area (Å²) in [6, 6.07) is 9.62. The maximum absolute atomic E-state index is 15.7. The summed E-state index contributed by atoms with van der Waals surface area (Å²) in [5, 5.41) is 18.2. The highest BCUT2D eigenvalue weighted by atomic mass is 35.5. The number of nitrogens with one attached hydrogen (secondary N) is 3. The molecule has 8 nitrogen and oxygen atoms in total. The van der Waals surface area contributed by atoms with Crippen LogP contribution in [0.3, 0.4) is 0 Å². The Kier molecular flexibility index (Phi) is 9.73. The highest BCUT2D eigenvalue weighted by Gasteiger charge is 2.58. The minimum atomic E-state index is -1.62. The third-order valence-electron chi connectivity index (χ3n) is 7.74. The third kappa shape index (κ3) is 7.05. The van der Waals surface area contributed by atoms with Gasteiger partial charge in [-0.3, -0.25) is 9.59 Å². The molecule has 236 valence electrons. The quantitative estimate of drug-likeness (QED) is 0.219. The van der Waals surface area contributed by atoms with Crippen molar-refractivity contribution in [2.75, 3.05) is 11.9 Å². The predicted molar refractivity (Wildman–Crippen MR) is 168 cm³/mol. The fraction of sp³-hybridized carbons (Fsp3) is 0.406. The topological polar surface area (TPSA) is 129 Å². The Morgan fingerprint density at radius 3 is 2.39 bits per heavy atom. The van der Waals surface area contributed by atoms with Gasteiger partial charge < -0.3 is 26.8 Å². The fourth-order valence-corrected chi connectivity index (χ4v) is 5.97. The molecule has 6 N–H and O–H groups in total. The molecule has 2 heterocycles. The van der Waals surface area contributed by atoms with Crippen molar-refractivity contribution < 1.29 is 23.5 Å². The molecule has 0 spiro atoms. The number of nitrogens with zero attached hydrogens (tertiary/aromatic N) is 1. The summed E-state index contributed by atoms with van der Waals surface area (Å²) in [5.41, 5.74) is 4.75. The van der Waals surface area contributed by atoms with Crippen LogP contribution in [0.15, 0.2) is 54.7 Å². The molecule has 1 aliphatic heterocycles. The number of anilines is 1. The molecule has 1 fully saturated rings. The van der Waals surface area contributed by atoms with Crippen LogP contribution in [0.1, 0.15) is 68.4 Å². The van der Waals surface area contributed by atoms with E-state index in [0.29, 0.717) is 6.42 Å². The third-order valence-corrected chi connectivity index (χ3v) is 8.27. The molecular formula is C32H37Cl2F2N5O3. The molecule has 1 saturated heterocycles. The monoisotopic (exact) mass is 647 g/mol. The van der Waals surface area contributed by atoms with Gasteiger partial charge >= 0.3 is 0 Å². The van der Waals surface area contributed by atoms with E-state index in [4.69, 9.17) is 28.9 Å². The fourth-order valence-electron chi connectivity index (χ4n) is 5.63. The van der Waals surface area contributed by atoms with Crippen molar-refractivity contribution in [3.63, 3.8) is 0 Å². The van der Waals surface area contributed by atoms with Crippen molar-refractivity contribution in [1.82, 2.24) is 15.6 Å². The molecule has 4 atom stereocenters. The lowest BCUT2D eigenvalue weighted by Gasteiger charge is -2.40. The lowest BCUT2D eigenvalue weighted by Crippen LogP contribution is -2.52. The van der Waals surface area contributed by atoms with Gasteiger partial charge in [-0.2, -0.15) is 0 Å². The highest BCUT2D eigenvalue weighted by Crippen LogP contribution is 2.50. The number of aromatic nitrogens is 1. The first kappa shape index (κ1) is 33.7. The molecule has 1 aliphatic rings. The normalized spacial score (nSPS) is 22.1. The second-order valence-corrected chi connectivity index (χ2v) is 13.9. The number of benzene rings is 2. The number of rotatable bonds is 8. The molecule has 12 heteroatoms. The van der Waals surface area contributed by atoms with Crippen LogP contribution in [-0.4, -0.2) is 46.1 Å². The molecule has 3 aromatic rings. The lowest BCUT2D eigenvalue weighted by molar-refractivity contribution is -0.118. The molecule has 0 aliphatic carbocycles. The first-order chi connectivity index (χ1) is 20.5. The van der Waals surface area contributed by atoms with Crippen LogP contribution >= 0.6 is 23.2 Å². The molecule has 2 aromatic carbocycles. The van der Waals surface area contributed by atoms with E-state index >= 15 is 8.78 Å². The van der Waals surface area contributed by atoms with Crippen LogP contribution in [0.2, 0.25) is 10.0 Å². The summed E-state index contributed by atoms with van der Waals surface area (Å²) in [4.78, 5) is 30.7. The van der Waals surface area contributed by atoms with E-state index in [0.717, 1.165) is 6.07 Å². The summed E-state index contributed by atoms with van der Waals surface area (Å²) >= 11 is 12.3. The molecule has 0 bridgehead atoms. The van der Waals surface area contributed by atoms with Crippen LogP contribution in [-0.2, 0) is 10.3 Å². The van der Waals surface area contributed by atoms with Gasteiger partial charge in [0.15, 0.2) is 0 Å². The predicted octanol–water partition coefficient (Wildman–Crippen LogP) is 5.52. The number of carbonyl (C=O) groups excluding carboxylic acids is 2. The second-order valence-electron chi connectivity index (χ2n) is 13.1. The number of amides is 2. The molecule has 4 unspecified atom stereocenters. The molecule has 44 heavy (non-hydrogen) atoms. The first-order valence-corrected chi connectivity index (χ1v) is 14.9. The van der Waals surface area contributed by atoms with E-state index in [9.17, 15) is 14.7 Å². The van der Waals surface area contributed by atoms with Gasteiger partial charge in [-0.15, -0.1) is 0 Å². The highest BCUT2D eigenvalue weighted by molar-refractivity contribution is 6.31. The number of hydrogen-bond acceptors (Lipinski definition) is 6. The number of hydrogen-bond donors (Lipinski definition) is 5. The molecule has 2 amide bonds. The van der Waals surface area contributed by atoms with Gasteiger partial charge in [-0.25, -0.2) is 13.8 Å². The van der Waals surface area contributed by atoms with Crippen molar-refractivity contribution in [2.45, 2.75) is 70.1 Å². The van der Waals surface area contributed by atoms with E-state index in [1.807, 2.05) is 20.8 Å². The Balaban J connectivity index is 1.77. The number of aliphatic hydroxyl groups is 1. The van der Waals surface area contributed by atoms with E-state index in [1.54, 1.807) is 19.9 Å². The minimum absolute atomic E-state index is 0.0462. The van der Waals surface area contributed by atoms with Crippen LogP contribution in [0.4, 0.5) is 14.6 Å². The Bertz CT molecular complexity index is 1550. The number of carbonyl (C=O) groups is 2. The Hall–Kier alpha value is -3.15. The number of halogens is 4. The molecule has 1 aromatic heterocycles. The molecule has 0 radical (unpaired) electrons. The zero-order valence-electron chi connectivity index (χ0n) is 25.1. The van der Waals surface area contributed by atoms with Crippen LogP contribution in [0.25, 0.3) is 0 Å². The first-order valence-electron chi connectivity index (χ1n) is 14.1.